The second-order valence-electron chi connectivity index (χ2n) is 11.2. The Kier molecular flexibility index (Phi) is 4.46. The summed E-state index contributed by atoms with van der Waals surface area (Å²) in [5.41, 5.74) is 4.87. The van der Waals surface area contributed by atoms with Crippen LogP contribution in [0.5, 0.6) is 0 Å². The van der Waals surface area contributed by atoms with Gasteiger partial charge in [0, 0.05) is 59.3 Å². The third-order valence-electron chi connectivity index (χ3n) is 8.70. The minimum atomic E-state index is -0.459. The van der Waals surface area contributed by atoms with Gasteiger partial charge in [-0.2, -0.15) is 0 Å². The standard InChI is InChI=1S/C41H24N4S/c1-2-12-25(13-3-1)37-38-32(20-11-23-42-38)43-41(44-37)26-14-10-15-27(24-26)45-33-21-8-6-18-30(33)35-28-16-4-5-17-29(28)40-36(39(35)45)31-19-7-9-22-34(31)46-40/h1-24H/i1D,2D,3D,12D,13D. The molecule has 0 atom stereocenters. The molecule has 0 bridgehead atoms. The van der Waals surface area contributed by atoms with E-state index < -0.39 is 18.1 Å². The summed E-state index contributed by atoms with van der Waals surface area (Å²) in [6.07, 6.45) is 1.59. The van der Waals surface area contributed by atoms with Gasteiger partial charge in [-0.1, -0.05) is 103 Å². The summed E-state index contributed by atoms with van der Waals surface area (Å²) in [7, 11) is 0. The number of para-hydroxylation sites is 1. The fourth-order valence-corrected chi connectivity index (χ4v) is 8.05. The average Bonchev–Trinajstić information content (AvgIpc) is 3.73. The van der Waals surface area contributed by atoms with Crippen molar-refractivity contribution in [3.8, 4) is 28.3 Å². The minimum absolute atomic E-state index is 0.00879. The van der Waals surface area contributed by atoms with E-state index in [4.69, 9.17) is 16.8 Å². The molecule has 6 aromatic carbocycles. The summed E-state index contributed by atoms with van der Waals surface area (Å²) in [6, 6.07) is 35.4. The van der Waals surface area contributed by atoms with Gasteiger partial charge in [0.2, 0.25) is 0 Å². The smallest absolute Gasteiger partial charge is 0.160 e. The zero-order chi connectivity index (χ0) is 34.5. The van der Waals surface area contributed by atoms with E-state index in [-0.39, 0.29) is 23.3 Å². The van der Waals surface area contributed by atoms with E-state index in [1.807, 2.05) is 23.5 Å². The Hall–Kier alpha value is -5.91. The summed E-state index contributed by atoms with van der Waals surface area (Å²) in [5.74, 6) is 0.358. The molecule has 4 nitrogen and oxygen atoms in total. The Morgan fingerprint density at radius 2 is 1.41 bits per heavy atom. The Labute approximate surface area is 274 Å². The zero-order valence-corrected chi connectivity index (χ0v) is 25.0. The average molecular weight is 610 g/mol. The number of benzene rings is 6. The molecule has 214 valence electrons. The van der Waals surface area contributed by atoms with Crippen LogP contribution >= 0.6 is 11.3 Å². The fraction of sp³-hybridized carbons (Fsp3) is 0. The van der Waals surface area contributed by atoms with Crippen LogP contribution in [-0.2, 0) is 0 Å². The first kappa shape index (κ1) is 20.9. The number of fused-ring (bicyclic) bond motifs is 11. The summed E-state index contributed by atoms with van der Waals surface area (Å²) < 4.78 is 47.0. The molecule has 0 aliphatic heterocycles. The highest BCUT2D eigenvalue weighted by atomic mass is 32.1. The van der Waals surface area contributed by atoms with Crippen LogP contribution < -0.4 is 0 Å². The number of hydrogen-bond acceptors (Lipinski definition) is 4. The van der Waals surface area contributed by atoms with Crippen LogP contribution in [0.4, 0.5) is 0 Å². The van der Waals surface area contributed by atoms with Gasteiger partial charge in [-0.05, 0) is 41.8 Å². The van der Waals surface area contributed by atoms with Crippen molar-refractivity contribution in [2.75, 3.05) is 0 Å². The fourth-order valence-electron chi connectivity index (χ4n) is 6.81. The summed E-state index contributed by atoms with van der Waals surface area (Å²) in [4.78, 5) is 14.3. The molecule has 0 aliphatic carbocycles. The summed E-state index contributed by atoms with van der Waals surface area (Å²) >= 11 is 1.82. The molecular formula is C41H24N4S. The Bertz CT molecular complexity index is 3080. The van der Waals surface area contributed by atoms with E-state index in [0.29, 0.717) is 22.4 Å². The first-order valence-corrected chi connectivity index (χ1v) is 15.8. The molecule has 46 heavy (non-hydrogen) atoms. The third kappa shape index (κ3) is 3.63. The van der Waals surface area contributed by atoms with E-state index in [2.05, 4.69) is 94.5 Å². The Morgan fingerprint density at radius 3 is 2.30 bits per heavy atom. The molecular weight excluding hydrogens is 581 g/mol. The molecule has 0 N–H and O–H groups in total. The van der Waals surface area contributed by atoms with Crippen LogP contribution in [0, 0.1) is 0 Å². The van der Waals surface area contributed by atoms with Gasteiger partial charge < -0.3 is 4.57 Å². The molecule has 0 fully saturated rings. The Morgan fingerprint density at radius 1 is 0.630 bits per heavy atom. The van der Waals surface area contributed by atoms with E-state index in [1.165, 1.54) is 36.3 Å². The molecule has 5 heteroatoms. The van der Waals surface area contributed by atoms with Gasteiger partial charge in [0.15, 0.2) is 5.82 Å². The number of nitrogens with zero attached hydrogens (tertiary/aromatic N) is 4. The molecule has 0 amide bonds. The van der Waals surface area contributed by atoms with Crippen molar-refractivity contribution in [3.05, 3.63) is 146 Å². The molecule has 0 spiro atoms. The highest BCUT2D eigenvalue weighted by molar-refractivity contribution is 7.27. The van der Waals surface area contributed by atoms with Crippen LogP contribution in [0.15, 0.2) is 146 Å². The van der Waals surface area contributed by atoms with Gasteiger partial charge in [-0.15, -0.1) is 11.3 Å². The van der Waals surface area contributed by atoms with Crippen molar-refractivity contribution in [3.63, 3.8) is 0 Å². The SMILES string of the molecule is [2H]c1c([2H])c([2H])c(-c2nc(-c3cccc(-n4c5ccccc5c5c6ccccc6c6sc7ccccc7c6c54)c3)nc3cccnc23)c([2H])c1[2H]. The topological polar surface area (TPSA) is 43.6 Å². The normalized spacial score (nSPS) is 13.4. The molecule has 0 saturated heterocycles. The highest BCUT2D eigenvalue weighted by Crippen LogP contribution is 2.47. The van der Waals surface area contributed by atoms with Gasteiger partial charge >= 0.3 is 0 Å². The molecule has 10 rings (SSSR count). The van der Waals surface area contributed by atoms with Crippen LogP contribution in [0.2, 0.25) is 0 Å². The highest BCUT2D eigenvalue weighted by Gasteiger charge is 2.22. The lowest BCUT2D eigenvalue weighted by molar-refractivity contribution is 1.17. The molecule has 4 heterocycles. The van der Waals surface area contributed by atoms with Gasteiger partial charge in [0.1, 0.15) is 11.2 Å². The van der Waals surface area contributed by atoms with E-state index in [0.717, 1.165) is 22.1 Å². The summed E-state index contributed by atoms with van der Waals surface area (Å²) in [5, 5.41) is 7.20. The lowest BCUT2D eigenvalue weighted by Crippen LogP contribution is -1.98. The summed E-state index contributed by atoms with van der Waals surface area (Å²) in [6.45, 7) is 0. The van der Waals surface area contributed by atoms with E-state index >= 15 is 0 Å². The van der Waals surface area contributed by atoms with Crippen molar-refractivity contribution >= 4 is 75.1 Å². The monoisotopic (exact) mass is 609 g/mol. The van der Waals surface area contributed by atoms with Gasteiger partial charge in [0.25, 0.3) is 0 Å². The predicted octanol–water partition coefficient (Wildman–Crippen LogP) is 11.0. The van der Waals surface area contributed by atoms with Crippen molar-refractivity contribution in [2.45, 2.75) is 0 Å². The molecule has 0 saturated carbocycles. The second-order valence-corrected chi connectivity index (χ2v) is 12.3. The molecule has 10 aromatic rings. The number of thiophene rings is 1. The maximum Gasteiger partial charge on any atom is 0.160 e. The quantitative estimate of drug-likeness (QED) is 0.200. The lowest BCUT2D eigenvalue weighted by atomic mass is 10.00. The van der Waals surface area contributed by atoms with Gasteiger partial charge in [-0.3, -0.25) is 4.98 Å². The largest absolute Gasteiger partial charge is 0.309 e. The molecule has 4 aromatic heterocycles. The maximum atomic E-state index is 8.71. The van der Waals surface area contributed by atoms with Crippen molar-refractivity contribution in [2.24, 2.45) is 0 Å². The third-order valence-corrected chi connectivity index (χ3v) is 9.91. The van der Waals surface area contributed by atoms with Crippen LogP contribution in [0.1, 0.15) is 6.85 Å². The number of pyridine rings is 1. The second kappa shape index (κ2) is 9.80. The minimum Gasteiger partial charge on any atom is -0.309 e. The van der Waals surface area contributed by atoms with Gasteiger partial charge in [-0.25, -0.2) is 9.97 Å². The number of hydrogen-bond donors (Lipinski definition) is 0. The Balaban J connectivity index is 1.29. The molecule has 0 radical (unpaired) electrons. The van der Waals surface area contributed by atoms with Crippen LogP contribution in [0.25, 0.3) is 92.1 Å². The van der Waals surface area contributed by atoms with Crippen LogP contribution in [0.3, 0.4) is 0 Å². The first-order chi connectivity index (χ1) is 24.9. The van der Waals surface area contributed by atoms with Gasteiger partial charge in [0.05, 0.1) is 23.4 Å². The number of aromatic nitrogens is 4. The zero-order valence-electron chi connectivity index (χ0n) is 29.2. The number of rotatable bonds is 3. The van der Waals surface area contributed by atoms with Crippen LogP contribution in [-0.4, -0.2) is 19.5 Å². The van der Waals surface area contributed by atoms with E-state index in [9.17, 15) is 0 Å². The molecule has 0 aliphatic rings. The first-order valence-electron chi connectivity index (χ1n) is 17.5. The van der Waals surface area contributed by atoms with Crippen molar-refractivity contribution in [1.29, 1.82) is 0 Å². The van der Waals surface area contributed by atoms with E-state index in [1.54, 1.807) is 18.3 Å². The maximum absolute atomic E-state index is 8.71. The molecule has 0 unspecified atom stereocenters. The van der Waals surface area contributed by atoms with Crippen molar-refractivity contribution in [1.82, 2.24) is 19.5 Å². The lowest BCUT2D eigenvalue weighted by Gasteiger charge is -2.13. The predicted molar refractivity (Wildman–Crippen MR) is 193 cm³/mol. The van der Waals surface area contributed by atoms with Crippen molar-refractivity contribution < 1.29 is 6.85 Å².